The van der Waals surface area contributed by atoms with Gasteiger partial charge in [-0.25, -0.2) is 13.5 Å². The van der Waals surface area contributed by atoms with Crippen LogP contribution in [0.15, 0.2) is 48.8 Å². The number of hydrogen-bond acceptors (Lipinski definition) is 5. The average molecular weight is 384 g/mol. The van der Waals surface area contributed by atoms with Gasteiger partial charge in [0.1, 0.15) is 6.33 Å². The first kappa shape index (κ1) is 18.2. The van der Waals surface area contributed by atoms with Crippen molar-refractivity contribution in [1.82, 2.24) is 30.8 Å². The van der Waals surface area contributed by atoms with E-state index in [-0.39, 0.29) is 17.9 Å². The minimum atomic E-state index is -0.879. The van der Waals surface area contributed by atoms with E-state index in [0.29, 0.717) is 29.8 Å². The number of benzene rings is 2. The molecule has 1 amide bonds. The zero-order chi connectivity index (χ0) is 19.5. The molecule has 1 fully saturated rings. The van der Waals surface area contributed by atoms with E-state index in [1.807, 2.05) is 0 Å². The second kappa shape index (κ2) is 7.81. The fraction of sp³-hybridized carbons (Fsp3) is 0.263. The van der Waals surface area contributed by atoms with Crippen LogP contribution in [0.4, 0.5) is 8.78 Å². The Hall–Kier alpha value is -3.20. The van der Waals surface area contributed by atoms with E-state index in [2.05, 4.69) is 26.2 Å². The van der Waals surface area contributed by atoms with Gasteiger partial charge in [0.15, 0.2) is 11.6 Å². The molecule has 1 aliphatic rings. The molecule has 9 heteroatoms. The summed E-state index contributed by atoms with van der Waals surface area (Å²) in [6.45, 7) is 1.28. The van der Waals surface area contributed by atoms with Gasteiger partial charge in [-0.05, 0) is 59.3 Å². The first-order valence-corrected chi connectivity index (χ1v) is 8.92. The quantitative estimate of drug-likeness (QED) is 0.717. The van der Waals surface area contributed by atoms with Crippen molar-refractivity contribution in [3.63, 3.8) is 0 Å². The van der Waals surface area contributed by atoms with Crippen LogP contribution in [-0.2, 0) is 0 Å². The van der Waals surface area contributed by atoms with Gasteiger partial charge in [0.05, 0.1) is 5.69 Å². The van der Waals surface area contributed by atoms with Crippen LogP contribution in [0.25, 0.3) is 5.69 Å². The van der Waals surface area contributed by atoms with Crippen molar-refractivity contribution in [3.05, 3.63) is 71.6 Å². The number of rotatable bonds is 4. The summed E-state index contributed by atoms with van der Waals surface area (Å²) in [4.78, 5) is 12.8. The van der Waals surface area contributed by atoms with E-state index in [1.54, 1.807) is 30.3 Å². The average Bonchev–Trinajstić information content (AvgIpc) is 3.26. The number of carbonyl (C=O) groups is 1. The molecular weight excluding hydrogens is 366 g/mol. The smallest absolute Gasteiger partial charge is 0.251 e. The van der Waals surface area contributed by atoms with Crippen LogP contribution in [0.2, 0.25) is 0 Å². The summed E-state index contributed by atoms with van der Waals surface area (Å²) in [6.07, 6.45) is 2.15. The van der Waals surface area contributed by atoms with Crippen molar-refractivity contribution in [2.24, 2.45) is 0 Å². The second-order valence-corrected chi connectivity index (χ2v) is 6.66. The molecule has 2 atom stereocenters. The van der Waals surface area contributed by atoms with E-state index in [9.17, 15) is 13.6 Å². The summed E-state index contributed by atoms with van der Waals surface area (Å²) in [5, 5.41) is 17.2. The summed E-state index contributed by atoms with van der Waals surface area (Å²) in [5.41, 5.74) is 1.80. The Morgan fingerprint density at radius 3 is 2.86 bits per heavy atom. The minimum absolute atomic E-state index is 0.108. The van der Waals surface area contributed by atoms with Gasteiger partial charge >= 0.3 is 0 Å². The molecule has 144 valence electrons. The Kier molecular flexibility index (Phi) is 5.07. The number of carbonyl (C=O) groups excluding carboxylic acids is 1. The van der Waals surface area contributed by atoms with Crippen molar-refractivity contribution in [2.45, 2.75) is 18.4 Å². The molecule has 3 aromatic rings. The van der Waals surface area contributed by atoms with Crippen LogP contribution >= 0.6 is 0 Å². The summed E-state index contributed by atoms with van der Waals surface area (Å²) in [7, 11) is 0. The molecule has 2 heterocycles. The molecule has 4 rings (SSSR count). The number of aromatic nitrogens is 4. The number of piperidine rings is 1. The van der Waals surface area contributed by atoms with Gasteiger partial charge in [0.2, 0.25) is 0 Å². The van der Waals surface area contributed by atoms with E-state index in [0.717, 1.165) is 12.6 Å². The molecule has 0 saturated carbocycles. The Labute approximate surface area is 159 Å². The maximum absolute atomic E-state index is 13.7. The number of amides is 1. The van der Waals surface area contributed by atoms with E-state index < -0.39 is 11.6 Å². The van der Waals surface area contributed by atoms with Gasteiger partial charge < -0.3 is 10.6 Å². The minimum Gasteiger partial charge on any atom is -0.347 e. The van der Waals surface area contributed by atoms with Gasteiger partial charge in [-0.15, -0.1) is 5.10 Å². The van der Waals surface area contributed by atoms with Gasteiger partial charge in [0, 0.05) is 24.1 Å². The fourth-order valence-electron chi connectivity index (χ4n) is 3.47. The van der Waals surface area contributed by atoms with Gasteiger partial charge in [0.25, 0.3) is 5.91 Å². The van der Waals surface area contributed by atoms with Crippen LogP contribution in [-0.4, -0.2) is 45.2 Å². The summed E-state index contributed by atoms with van der Waals surface area (Å²) < 4.78 is 28.4. The monoisotopic (exact) mass is 384 g/mol. The molecule has 0 radical (unpaired) electrons. The molecule has 7 nitrogen and oxygen atoms in total. The highest BCUT2D eigenvalue weighted by molar-refractivity contribution is 5.95. The normalized spacial score (nSPS) is 19.4. The van der Waals surface area contributed by atoms with Crippen LogP contribution in [0.5, 0.6) is 0 Å². The predicted octanol–water partition coefficient (Wildman–Crippen LogP) is 1.82. The van der Waals surface area contributed by atoms with Crippen molar-refractivity contribution in [3.8, 4) is 5.69 Å². The first-order valence-electron chi connectivity index (χ1n) is 8.92. The second-order valence-electron chi connectivity index (χ2n) is 6.66. The lowest BCUT2D eigenvalue weighted by atomic mass is 9.85. The van der Waals surface area contributed by atoms with Crippen molar-refractivity contribution in [1.29, 1.82) is 0 Å². The molecule has 2 N–H and O–H groups in total. The molecule has 0 bridgehead atoms. The number of halogens is 2. The van der Waals surface area contributed by atoms with E-state index in [1.165, 1.54) is 17.1 Å². The molecule has 0 aliphatic carbocycles. The molecule has 2 aromatic carbocycles. The van der Waals surface area contributed by atoms with Crippen molar-refractivity contribution < 1.29 is 13.6 Å². The molecular formula is C19H18F2N6O. The van der Waals surface area contributed by atoms with Gasteiger partial charge in [-0.1, -0.05) is 12.1 Å². The van der Waals surface area contributed by atoms with Crippen LogP contribution < -0.4 is 10.6 Å². The Bertz CT molecular complexity index is 978. The predicted molar refractivity (Wildman–Crippen MR) is 97.0 cm³/mol. The number of hydrogen-bond donors (Lipinski definition) is 2. The zero-order valence-electron chi connectivity index (χ0n) is 14.8. The topological polar surface area (TPSA) is 84.7 Å². The van der Waals surface area contributed by atoms with Crippen LogP contribution in [0.1, 0.15) is 28.3 Å². The molecule has 1 saturated heterocycles. The summed E-state index contributed by atoms with van der Waals surface area (Å²) in [6, 6.07) is 10.6. The Morgan fingerprint density at radius 1 is 1.18 bits per heavy atom. The van der Waals surface area contributed by atoms with Crippen LogP contribution in [0, 0.1) is 11.6 Å². The molecule has 28 heavy (non-hydrogen) atoms. The van der Waals surface area contributed by atoms with Crippen LogP contribution in [0.3, 0.4) is 0 Å². The molecule has 1 aliphatic heterocycles. The van der Waals surface area contributed by atoms with Crippen molar-refractivity contribution in [2.75, 3.05) is 13.1 Å². The highest BCUT2D eigenvalue weighted by Gasteiger charge is 2.28. The zero-order valence-corrected chi connectivity index (χ0v) is 14.8. The van der Waals surface area contributed by atoms with E-state index in [4.69, 9.17) is 0 Å². The van der Waals surface area contributed by atoms with Gasteiger partial charge in [-0.2, -0.15) is 0 Å². The first-order chi connectivity index (χ1) is 13.6. The fourth-order valence-corrected chi connectivity index (χ4v) is 3.47. The summed E-state index contributed by atoms with van der Waals surface area (Å²) in [5.74, 6) is -2.12. The third-order valence-electron chi connectivity index (χ3n) is 4.89. The largest absolute Gasteiger partial charge is 0.347 e. The molecule has 1 aromatic heterocycles. The highest BCUT2D eigenvalue weighted by atomic mass is 19.2. The lowest BCUT2D eigenvalue weighted by Crippen LogP contribution is -2.50. The number of nitrogens with zero attached hydrogens (tertiary/aromatic N) is 4. The van der Waals surface area contributed by atoms with Gasteiger partial charge in [-0.3, -0.25) is 4.79 Å². The number of nitrogens with one attached hydrogen (secondary N) is 2. The maximum Gasteiger partial charge on any atom is 0.251 e. The Balaban J connectivity index is 1.54. The third-order valence-corrected chi connectivity index (χ3v) is 4.89. The standard InChI is InChI=1S/C19H18F2N6O/c20-16-5-4-12(9-17(16)21)15-6-7-22-10-18(15)24-19(28)13-2-1-3-14(8-13)27-11-23-25-26-27/h1-5,8-9,11,15,18,22H,6-7,10H2,(H,24,28). The number of tetrazole rings is 1. The maximum atomic E-state index is 13.7. The molecule has 2 unspecified atom stereocenters. The lowest BCUT2D eigenvalue weighted by Gasteiger charge is -2.33. The lowest BCUT2D eigenvalue weighted by molar-refractivity contribution is 0.0924. The molecule has 0 spiro atoms. The SMILES string of the molecule is O=C(NC1CNCCC1c1ccc(F)c(F)c1)c1cccc(-n2cnnn2)c1. The third kappa shape index (κ3) is 3.74. The summed E-state index contributed by atoms with van der Waals surface area (Å²) >= 11 is 0. The highest BCUT2D eigenvalue weighted by Crippen LogP contribution is 2.27. The van der Waals surface area contributed by atoms with E-state index >= 15 is 0 Å². The Morgan fingerprint density at radius 2 is 2.07 bits per heavy atom. The van der Waals surface area contributed by atoms with Crippen molar-refractivity contribution >= 4 is 5.91 Å².